The van der Waals surface area contributed by atoms with Crippen molar-refractivity contribution in [3.05, 3.63) is 0 Å². The molecular formula is C52H100O6. The SMILES string of the molecule is CCCCCCCCCCCCCCCC(=O)O[C@H](COC(=O)CCCCCCCCCCCCCCCCCC(C)C)COC(=O)CCCCCCCCC(C)C. The van der Waals surface area contributed by atoms with Crippen LogP contribution in [0, 0.1) is 11.8 Å². The second-order valence-corrected chi connectivity index (χ2v) is 18.8. The normalized spacial score (nSPS) is 12.1. The van der Waals surface area contributed by atoms with Crippen LogP contribution in [-0.4, -0.2) is 37.2 Å². The predicted octanol–water partition coefficient (Wildman–Crippen LogP) is 16.5. The fourth-order valence-electron chi connectivity index (χ4n) is 7.81. The maximum Gasteiger partial charge on any atom is 0.306 e. The molecule has 1 atom stereocenters. The molecule has 0 aromatic rings. The number of carbonyl (C=O) groups is 3. The molecule has 0 saturated carbocycles. The molecule has 0 amide bonds. The molecule has 0 saturated heterocycles. The number of hydrogen-bond acceptors (Lipinski definition) is 6. The maximum absolute atomic E-state index is 12.8. The smallest absolute Gasteiger partial charge is 0.306 e. The Hall–Kier alpha value is -1.59. The zero-order chi connectivity index (χ0) is 42.6. The van der Waals surface area contributed by atoms with E-state index in [1.807, 2.05) is 0 Å². The molecule has 0 spiro atoms. The Morgan fingerprint density at radius 2 is 0.569 bits per heavy atom. The summed E-state index contributed by atoms with van der Waals surface area (Å²) in [6.07, 6.45) is 45.3. The second-order valence-electron chi connectivity index (χ2n) is 18.8. The first-order valence-electron chi connectivity index (χ1n) is 25.7. The van der Waals surface area contributed by atoms with Gasteiger partial charge in [0, 0.05) is 19.3 Å². The van der Waals surface area contributed by atoms with E-state index < -0.39 is 6.10 Å². The molecule has 0 aliphatic rings. The number of esters is 3. The lowest BCUT2D eigenvalue weighted by atomic mass is 10.0. The Morgan fingerprint density at radius 3 is 0.845 bits per heavy atom. The monoisotopic (exact) mass is 821 g/mol. The summed E-state index contributed by atoms with van der Waals surface area (Å²) in [5.74, 6) is 0.759. The van der Waals surface area contributed by atoms with Gasteiger partial charge in [0.15, 0.2) is 6.10 Å². The van der Waals surface area contributed by atoms with E-state index in [2.05, 4.69) is 34.6 Å². The average Bonchev–Trinajstić information content (AvgIpc) is 3.19. The second kappa shape index (κ2) is 44.9. The molecule has 0 aromatic heterocycles. The van der Waals surface area contributed by atoms with Gasteiger partial charge in [-0.1, -0.05) is 247 Å². The van der Waals surface area contributed by atoms with E-state index in [1.165, 1.54) is 173 Å². The highest BCUT2D eigenvalue weighted by Crippen LogP contribution is 2.17. The summed E-state index contributed by atoms with van der Waals surface area (Å²) in [6, 6.07) is 0. The molecule has 0 unspecified atom stereocenters. The molecule has 344 valence electrons. The van der Waals surface area contributed by atoms with E-state index in [0.717, 1.165) is 69.6 Å². The minimum Gasteiger partial charge on any atom is -0.462 e. The van der Waals surface area contributed by atoms with Crippen LogP contribution in [0.15, 0.2) is 0 Å². The van der Waals surface area contributed by atoms with Crippen LogP contribution in [0.1, 0.15) is 285 Å². The van der Waals surface area contributed by atoms with Crippen LogP contribution in [0.3, 0.4) is 0 Å². The highest BCUT2D eigenvalue weighted by molar-refractivity contribution is 5.71. The summed E-state index contributed by atoms with van der Waals surface area (Å²) in [5.41, 5.74) is 0. The first-order valence-corrected chi connectivity index (χ1v) is 25.7. The Balaban J connectivity index is 4.24. The van der Waals surface area contributed by atoms with E-state index in [4.69, 9.17) is 14.2 Å². The van der Waals surface area contributed by atoms with Crippen molar-refractivity contribution in [1.29, 1.82) is 0 Å². The van der Waals surface area contributed by atoms with Gasteiger partial charge in [0.25, 0.3) is 0 Å². The molecule has 0 aromatic carbocycles. The van der Waals surface area contributed by atoms with E-state index in [0.29, 0.717) is 19.3 Å². The van der Waals surface area contributed by atoms with Gasteiger partial charge < -0.3 is 14.2 Å². The van der Waals surface area contributed by atoms with Gasteiger partial charge in [-0.05, 0) is 31.1 Å². The van der Waals surface area contributed by atoms with Crippen LogP contribution >= 0.6 is 0 Å². The summed E-state index contributed by atoms with van der Waals surface area (Å²) in [6.45, 7) is 11.3. The summed E-state index contributed by atoms with van der Waals surface area (Å²) >= 11 is 0. The van der Waals surface area contributed by atoms with Crippen molar-refractivity contribution >= 4 is 17.9 Å². The Labute approximate surface area is 361 Å². The summed E-state index contributed by atoms with van der Waals surface area (Å²) in [4.78, 5) is 37.8. The first-order chi connectivity index (χ1) is 28.2. The van der Waals surface area contributed by atoms with Crippen LogP contribution < -0.4 is 0 Å². The van der Waals surface area contributed by atoms with Gasteiger partial charge >= 0.3 is 17.9 Å². The topological polar surface area (TPSA) is 78.9 Å². The van der Waals surface area contributed by atoms with Gasteiger partial charge in [-0.15, -0.1) is 0 Å². The van der Waals surface area contributed by atoms with Crippen molar-refractivity contribution < 1.29 is 28.6 Å². The molecular weight excluding hydrogens is 721 g/mol. The largest absolute Gasteiger partial charge is 0.462 e. The molecule has 0 aliphatic carbocycles. The molecule has 0 radical (unpaired) electrons. The minimum absolute atomic E-state index is 0.0644. The van der Waals surface area contributed by atoms with Crippen LogP contribution in [0.25, 0.3) is 0 Å². The molecule has 0 bridgehead atoms. The summed E-state index contributed by atoms with van der Waals surface area (Å²) < 4.78 is 16.8. The van der Waals surface area contributed by atoms with Gasteiger partial charge in [-0.2, -0.15) is 0 Å². The first kappa shape index (κ1) is 56.4. The lowest BCUT2D eigenvalue weighted by molar-refractivity contribution is -0.167. The molecule has 0 rings (SSSR count). The zero-order valence-corrected chi connectivity index (χ0v) is 39.7. The van der Waals surface area contributed by atoms with E-state index in [9.17, 15) is 14.4 Å². The molecule has 6 nitrogen and oxygen atoms in total. The van der Waals surface area contributed by atoms with Crippen molar-refractivity contribution in [2.45, 2.75) is 291 Å². The lowest BCUT2D eigenvalue weighted by Gasteiger charge is -2.18. The van der Waals surface area contributed by atoms with Crippen molar-refractivity contribution in [2.24, 2.45) is 11.8 Å². The fourth-order valence-corrected chi connectivity index (χ4v) is 7.81. The lowest BCUT2D eigenvalue weighted by Crippen LogP contribution is -2.30. The maximum atomic E-state index is 12.8. The third-order valence-electron chi connectivity index (χ3n) is 11.7. The Bertz CT molecular complexity index is 885. The number of hydrogen-bond donors (Lipinski definition) is 0. The van der Waals surface area contributed by atoms with Crippen molar-refractivity contribution in [1.82, 2.24) is 0 Å². The molecule has 0 fully saturated rings. The molecule has 0 heterocycles. The zero-order valence-electron chi connectivity index (χ0n) is 39.7. The average molecular weight is 821 g/mol. The van der Waals surface area contributed by atoms with Crippen molar-refractivity contribution in [3.8, 4) is 0 Å². The quantitative estimate of drug-likeness (QED) is 0.0346. The number of unbranched alkanes of at least 4 members (excludes halogenated alkanes) is 31. The number of rotatable bonds is 46. The number of carbonyl (C=O) groups excluding carboxylic acids is 3. The van der Waals surface area contributed by atoms with E-state index in [-0.39, 0.29) is 31.1 Å². The van der Waals surface area contributed by atoms with Gasteiger partial charge in [0.1, 0.15) is 13.2 Å². The molecule has 0 N–H and O–H groups in total. The molecule has 0 aliphatic heterocycles. The van der Waals surface area contributed by atoms with Crippen LogP contribution in [-0.2, 0) is 28.6 Å². The van der Waals surface area contributed by atoms with Crippen LogP contribution in [0.2, 0.25) is 0 Å². The van der Waals surface area contributed by atoms with Crippen LogP contribution in [0.4, 0.5) is 0 Å². The Kier molecular flexibility index (Phi) is 43.7. The summed E-state index contributed by atoms with van der Waals surface area (Å²) in [7, 11) is 0. The fraction of sp³-hybridized carbons (Fsp3) is 0.942. The standard InChI is InChI=1S/C52H100O6/c1-6-7-8-9-10-11-12-16-21-24-27-34-39-44-52(55)58-49(46-57-51(54)43-38-33-29-28-31-36-41-48(4)5)45-56-50(53)42-37-32-26-23-20-18-15-13-14-17-19-22-25-30-35-40-47(2)3/h47-49H,6-46H2,1-5H3/t49-/m1/s1. The minimum atomic E-state index is -0.761. The highest BCUT2D eigenvalue weighted by atomic mass is 16.6. The third kappa shape index (κ3) is 45.5. The van der Waals surface area contributed by atoms with Gasteiger partial charge in [0.2, 0.25) is 0 Å². The third-order valence-corrected chi connectivity index (χ3v) is 11.7. The molecule has 6 heteroatoms. The highest BCUT2D eigenvalue weighted by Gasteiger charge is 2.19. The predicted molar refractivity (Wildman–Crippen MR) is 247 cm³/mol. The van der Waals surface area contributed by atoms with E-state index >= 15 is 0 Å². The van der Waals surface area contributed by atoms with Crippen LogP contribution in [0.5, 0.6) is 0 Å². The number of ether oxygens (including phenoxy) is 3. The van der Waals surface area contributed by atoms with Gasteiger partial charge in [-0.3, -0.25) is 14.4 Å². The van der Waals surface area contributed by atoms with Gasteiger partial charge in [0.05, 0.1) is 0 Å². The Morgan fingerprint density at radius 1 is 0.328 bits per heavy atom. The summed E-state index contributed by atoms with van der Waals surface area (Å²) in [5, 5.41) is 0. The van der Waals surface area contributed by atoms with Crippen molar-refractivity contribution in [3.63, 3.8) is 0 Å². The van der Waals surface area contributed by atoms with Crippen molar-refractivity contribution in [2.75, 3.05) is 13.2 Å². The molecule has 58 heavy (non-hydrogen) atoms. The van der Waals surface area contributed by atoms with Gasteiger partial charge in [-0.25, -0.2) is 0 Å². The van der Waals surface area contributed by atoms with E-state index in [1.54, 1.807) is 0 Å².